The summed E-state index contributed by atoms with van der Waals surface area (Å²) in [6.45, 7) is 4.05. The molecule has 3 heteroatoms. The maximum absolute atomic E-state index is 12.0. The first kappa shape index (κ1) is 12.4. The van der Waals surface area contributed by atoms with Gasteiger partial charge in [0.15, 0.2) is 5.78 Å². The van der Waals surface area contributed by atoms with Gasteiger partial charge in [-0.3, -0.25) is 4.79 Å². The molecule has 0 saturated heterocycles. The Morgan fingerprint density at radius 2 is 1.94 bits per heavy atom. The minimum atomic E-state index is 0.223. The minimum absolute atomic E-state index is 0.223. The van der Waals surface area contributed by atoms with Crippen LogP contribution in [0.1, 0.15) is 20.1 Å². The number of Topliss-reactive ketones (excluding diaryl/α,β-unsaturated/α-hetero) is 1. The van der Waals surface area contributed by atoms with Crippen molar-refractivity contribution < 1.29 is 4.79 Å². The van der Waals surface area contributed by atoms with Crippen LogP contribution in [0.3, 0.4) is 0 Å². The monoisotopic (exact) mass is 262 g/mol. The van der Waals surface area contributed by atoms with Crippen LogP contribution in [0.15, 0.2) is 41.3 Å². The molecule has 0 N–H and O–H groups in total. The first-order valence-corrected chi connectivity index (χ1v) is 7.25. The second-order valence-corrected chi connectivity index (χ2v) is 6.36. The first-order valence-electron chi connectivity index (χ1n) is 5.45. The molecule has 0 saturated carbocycles. The smallest absolute Gasteiger partial charge is 0.174 e. The first-order chi connectivity index (χ1) is 8.16. The lowest BCUT2D eigenvalue weighted by Crippen LogP contribution is -2.02. The fraction of sp³-hybridized carbons (Fsp3) is 0.214. The second-order valence-electron chi connectivity index (χ2n) is 3.85. The van der Waals surface area contributed by atoms with E-state index in [9.17, 15) is 4.79 Å². The van der Waals surface area contributed by atoms with E-state index in [0.717, 1.165) is 15.3 Å². The highest BCUT2D eigenvalue weighted by Gasteiger charge is 2.11. The van der Waals surface area contributed by atoms with E-state index in [1.807, 2.05) is 50.2 Å². The number of hydrogen-bond donors (Lipinski definition) is 0. The maximum Gasteiger partial charge on any atom is 0.174 e. The van der Waals surface area contributed by atoms with E-state index >= 15 is 0 Å². The van der Waals surface area contributed by atoms with Crippen molar-refractivity contribution in [2.24, 2.45) is 0 Å². The Morgan fingerprint density at radius 3 is 2.53 bits per heavy atom. The predicted molar refractivity (Wildman–Crippen MR) is 75.3 cm³/mol. The molecule has 0 atom stereocenters. The van der Waals surface area contributed by atoms with Gasteiger partial charge in [0.1, 0.15) is 0 Å². The third-order valence-electron chi connectivity index (χ3n) is 2.45. The average Bonchev–Trinajstić information content (AvgIpc) is 2.67. The third-order valence-corrected chi connectivity index (χ3v) is 4.43. The zero-order chi connectivity index (χ0) is 12.3. The number of ketones is 1. The molecule has 1 aromatic carbocycles. The van der Waals surface area contributed by atoms with Crippen molar-refractivity contribution in [1.82, 2.24) is 0 Å². The van der Waals surface area contributed by atoms with Gasteiger partial charge in [0.2, 0.25) is 0 Å². The fourth-order valence-electron chi connectivity index (χ4n) is 1.65. The molecule has 0 spiro atoms. The maximum atomic E-state index is 12.0. The number of rotatable bonds is 4. The number of aryl methyl sites for hydroxylation is 2. The molecule has 0 aliphatic heterocycles. The topological polar surface area (TPSA) is 17.1 Å². The van der Waals surface area contributed by atoms with E-state index in [-0.39, 0.29) is 5.78 Å². The number of carbonyl (C=O) groups excluding carboxylic acids is 1. The standard InChI is InChI=1S/C14H14OS2/c1-10-8-13(11(2)17-10)14(15)9-16-12-6-4-3-5-7-12/h3-8H,9H2,1-2H3. The summed E-state index contributed by atoms with van der Waals surface area (Å²) in [5.41, 5.74) is 0.885. The van der Waals surface area contributed by atoms with Gasteiger partial charge < -0.3 is 0 Å². The van der Waals surface area contributed by atoms with Crippen LogP contribution in [0.5, 0.6) is 0 Å². The van der Waals surface area contributed by atoms with Gasteiger partial charge >= 0.3 is 0 Å². The highest BCUT2D eigenvalue weighted by molar-refractivity contribution is 8.00. The lowest BCUT2D eigenvalue weighted by Gasteiger charge is -2.00. The normalized spacial score (nSPS) is 10.5. The molecule has 0 amide bonds. The molecule has 2 aromatic rings. The van der Waals surface area contributed by atoms with Gasteiger partial charge in [-0.05, 0) is 32.0 Å². The number of benzene rings is 1. The van der Waals surface area contributed by atoms with E-state index in [0.29, 0.717) is 5.75 Å². The van der Waals surface area contributed by atoms with Crippen molar-refractivity contribution in [3.8, 4) is 0 Å². The molecular formula is C14H14OS2. The lowest BCUT2D eigenvalue weighted by molar-refractivity contribution is 0.102. The third kappa shape index (κ3) is 3.20. The summed E-state index contributed by atoms with van der Waals surface area (Å²) in [5, 5.41) is 0. The van der Waals surface area contributed by atoms with E-state index in [4.69, 9.17) is 0 Å². The molecule has 0 fully saturated rings. The summed E-state index contributed by atoms with van der Waals surface area (Å²) in [5.74, 6) is 0.738. The summed E-state index contributed by atoms with van der Waals surface area (Å²) in [6.07, 6.45) is 0. The largest absolute Gasteiger partial charge is 0.293 e. The molecule has 1 nitrogen and oxygen atoms in total. The van der Waals surface area contributed by atoms with Gasteiger partial charge in [-0.1, -0.05) is 18.2 Å². The molecule has 0 unspecified atom stereocenters. The molecule has 17 heavy (non-hydrogen) atoms. The van der Waals surface area contributed by atoms with E-state index in [1.165, 1.54) is 4.88 Å². The number of thiophene rings is 1. The summed E-state index contributed by atoms with van der Waals surface area (Å²) in [4.78, 5) is 15.5. The van der Waals surface area contributed by atoms with Gasteiger partial charge in [-0.25, -0.2) is 0 Å². The quantitative estimate of drug-likeness (QED) is 0.602. The van der Waals surface area contributed by atoms with Crippen LogP contribution in [0.4, 0.5) is 0 Å². The van der Waals surface area contributed by atoms with E-state index in [1.54, 1.807) is 23.1 Å². The molecule has 1 heterocycles. The molecule has 88 valence electrons. The minimum Gasteiger partial charge on any atom is -0.293 e. The summed E-state index contributed by atoms with van der Waals surface area (Å²) < 4.78 is 0. The Balaban J connectivity index is 2.01. The van der Waals surface area contributed by atoms with Gasteiger partial charge in [0, 0.05) is 20.2 Å². The SMILES string of the molecule is Cc1cc(C(=O)CSc2ccccc2)c(C)s1. The highest BCUT2D eigenvalue weighted by Crippen LogP contribution is 2.24. The number of thioether (sulfide) groups is 1. The van der Waals surface area contributed by atoms with Crippen LogP contribution in [-0.4, -0.2) is 11.5 Å². The summed E-state index contributed by atoms with van der Waals surface area (Å²) in [6, 6.07) is 12.0. The lowest BCUT2D eigenvalue weighted by atomic mass is 10.2. The summed E-state index contributed by atoms with van der Waals surface area (Å²) >= 11 is 3.29. The zero-order valence-corrected chi connectivity index (χ0v) is 11.5. The van der Waals surface area contributed by atoms with Crippen LogP contribution in [0.2, 0.25) is 0 Å². The van der Waals surface area contributed by atoms with Crippen LogP contribution in [0, 0.1) is 13.8 Å². The highest BCUT2D eigenvalue weighted by atomic mass is 32.2. The molecule has 0 radical (unpaired) electrons. The average molecular weight is 262 g/mol. The van der Waals surface area contributed by atoms with Crippen LogP contribution < -0.4 is 0 Å². The Bertz CT molecular complexity index is 514. The fourth-order valence-corrected chi connectivity index (χ4v) is 3.40. The predicted octanol–water partition coefficient (Wildman–Crippen LogP) is 4.34. The van der Waals surface area contributed by atoms with Crippen molar-refractivity contribution in [3.05, 3.63) is 51.7 Å². The second kappa shape index (κ2) is 5.52. The van der Waals surface area contributed by atoms with Gasteiger partial charge in [-0.15, -0.1) is 23.1 Å². The van der Waals surface area contributed by atoms with E-state index in [2.05, 4.69) is 0 Å². The Hall–Kier alpha value is -1.06. The van der Waals surface area contributed by atoms with Gasteiger partial charge in [0.25, 0.3) is 0 Å². The van der Waals surface area contributed by atoms with Crippen molar-refractivity contribution in [3.63, 3.8) is 0 Å². The molecule has 0 aliphatic carbocycles. The van der Waals surface area contributed by atoms with Crippen LogP contribution >= 0.6 is 23.1 Å². The Labute approximate surface area is 110 Å². The Kier molecular flexibility index (Phi) is 4.02. The Morgan fingerprint density at radius 1 is 1.24 bits per heavy atom. The summed E-state index contributed by atoms with van der Waals surface area (Å²) in [7, 11) is 0. The van der Waals surface area contributed by atoms with Crippen LogP contribution in [-0.2, 0) is 0 Å². The van der Waals surface area contributed by atoms with E-state index < -0.39 is 0 Å². The van der Waals surface area contributed by atoms with Crippen molar-refractivity contribution in [1.29, 1.82) is 0 Å². The van der Waals surface area contributed by atoms with Gasteiger partial charge in [-0.2, -0.15) is 0 Å². The molecule has 0 aliphatic rings. The van der Waals surface area contributed by atoms with Gasteiger partial charge in [0.05, 0.1) is 5.75 Å². The van der Waals surface area contributed by atoms with Crippen molar-refractivity contribution in [2.45, 2.75) is 18.7 Å². The van der Waals surface area contributed by atoms with Crippen molar-refractivity contribution >= 4 is 28.9 Å². The number of hydrogen-bond acceptors (Lipinski definition) is 3. The van der Waals surface area contributed by atoms with Crippen LogP contribution in [0.25, 0.3) is 0 Å². The zero-order valence-electron chi connectivity index (χ0n) is 9.90. The molecule has 0 bridgehead atoms. The molecule has 2 rings (SSSR count). The number of carbonyl (C=O) groups is 1. The van der Waals surface area contributed by atoms with Crippen molar-refractivity contribution in [2.75, 3.05) is 5.75 Å². The molecular weight excluding hydrogens is 248 g/mol. The molecule has 1 aromatic heterocycles.